The van der Waals surface area contributed by atoms with Gasteiger partial charge in [-0.2, -0.15) is 0 Å². The van der Waals surface area contributed by atoms with Crippen molar-refractivity contribution in [2.45, 2.75) is 31.7 Å². The summed E-state index contributed by atoms with van der Waals surface area (Å²) in [5.41, 5.74) is 0.858. The van der Waals surface area contributed by atoms with Gasteiger partial charge in [-0.05, 0) is 24.1 Å². The van der Waals surface area contributed by atoms with E-state index in [0.29, 0.717) is 29.0 Å². The van der Waals surface area contributed by atoms with Gasteiger partial charge >= 0.3 is 0 Å². The highest BCUT2D eigenvalue weighted by molar-refractivity contribution is 7.91. The first kappa shape index (κ1) is 19.3. The van der Waals surface area contributed by atoms with Crippen molar-refractivity contribution in [3.8, 4) is 0 Å². The van der Waals surface area contributed by atoms with Crippen molar-refractivity contribution < 1.29 is 8.42 Å². The van der Waals surface area contributed by atoms with Crippen molar-refractivity contribution in [2.24, 2.45) is 4.99 Å². The Morgan fingerprint density at radius 1 is 1.33 bits per heavy atom. The average molecular weight is 392 g/mol. The van der Waals surface area contributed by atoms with E-state index < -0.39 is 9.84 Å². The molecule has 0 bridgehead atoms. The van der Waals surface area contributed by atoms with E-state index >= 15 is 0 Å². The van der Waals surface area contributed by atoms with Gasteiger partial charge in [-0.15, -0.1) is 0 Å². The fourth-order valence-corrected chi connectivity index (χ4v) is 4.59. The van der Waals surface area contributed by atoms with E-state index in [-0.39, 0.29) is 23.0 Å². The summed E-state index contributed by atoms with van der Waals surface area (Å²) in [7, 11) is -1.25. The molecule has 1 aliphatic heterocycles. The molecule has 0 radical (unpaired) electrons. The van der Waals surface area contributed by atoms with Gasteiger partial charge in [0, 0.05) is 25.0 Å². The highest BCUT2D eigenvalue weighted by atomic mass is 35.5. The minimum Gasteiger partial charge on any atom is -0.356 e. The number of hydrogen-bond acceptors (Lipinski definition) is 3. The number of halogens is 2. The molecule has 8 heteroatoms. The summed E-state index contributed by atoms with van der Waals surface area (Å²) in [4.78, 5) is 4.18. The first-order valence-corrected chi connectivity index (χ1v) is 10.3. The third-order valence-corrected chi connectivity index (χ3v) is 6.70. The molecule has 2 rings (SSSR count). The molecule has 1 aromatic carbocycles. The number of nitrogens with zero attached hydrogens (tertiary/aromatic N) is 1. The second kappa shape index (κ2) is 7.50. The van der Waals surface area contributed by atoms with Crippen molar-refractivity contribution in [2.75, 3.05) is 25.1 Å². The standard InChI is InChI=1S/C16H23Cl2N3O2S/c1-16(2,11-4-5-13(17)14(18)8-11)10-20-15(19-3)21-12-6-7-24(22,23)9-12/h4-5,8,12H,6-7,9-10H2,1-3H3,(H2,19,20,21). The zero-order valence-corrected chi connectivity index (χ0v) is 16.4. The fraction of sp³-hybridized carbons (Fsp3) is 0.562. The molecule has 1 aliphatic rings. The molecular formula is C16H23Cl2N3O2S. The van der Waals surface area contributed by atoms with E-state index in [0.717, 1.165) is 5.56 Å². The predicted octanol–water partition coefficient (Wildman–Crippen LogP) is 2.62. The first-order valence-electron chi connectivity index (χ1n) is 7.76. The molecule has 1 saturated heterocycles. The second-order valence-corrected chi connectivity index (χ2v) is 9.73. The number of nitrogens with one attached hydrogen (secondary N) is 2. The van der Waals surface area contributed by atoms with Crippen LogP contribution in [0.3, 0.4) is 0 Å². The van der Waals surface area contributed by atoms with Crippen LogP contribution in [0.5, 0.6) is 0 Å². The Hall–Kier alpha value is -0.980. The van der Waals surface area contributed by atoms with Crippen molar-refractivity contribution in [3.05, 3.63) is 33.8 Å². The number of hydrogen-bond donors (Lipinski definition) is 2. The molecular weight excluding hydrogens is 369 g/mol. The summed E-state index contributed by atoms with van der Waals surface area (Å²) in [6.45, 7) is 4.80. The number of aliphatic imine (C=N–C) groups is 1. The topological polar surface area (TPSA) is 70.6 Å². The Labute approximate surface area is 153 Å². The maximum absolute atomic E-state index is 11.5. The molecule has 1 aromatic rings. The van der Waals surface area contributed by atoms with Crippen LogP contribution in [0.2, 0.25) is 10.0 Å². The van der Waals surface area contributed by atoms with E-state index in [4.69, 9.17) is 23.2 Å². The van der Waals surface area contributed by atoms with E-state index in [1.54, 1.807) is 13.1 Å². The molecule has 0 aliphatic carbocycles. The lowest BCUT2D eigenvalue weighted by atomic mass is 9.84. The van der Waals surface area contributed by atoms with Crippen LogP contribution in [-0.4, -0.2) is 45.5 Å². The van der Waals surface area contributed by atoms with Gasteiger partial charge in [-0.1, -0.05) is 43.1 Å². The lowest BCUT2D eigenvalue weighted by molar-refractivity contribution is 0.505. The smallest absolute Gasteiger partial charge is 0.191 e. The molecule has 1 heterocycles. The first-order chi connectivity index (χ1) is 11.1. The molecule has 2 N–H and O–H groups in total. The minimum absolute atomic E-state index is 0.0886. The summed E-state index contributed by atoms with van der Waals surface area (Å²) in [5.74, 6) is 0.991. The lowest BCUT2D eigenvalue weighted by Crippen LogP contribution is -2.47. The van der Waals surface area contributed by atoms with Crippen molar-refractivity contribution >= 4 is 39.0 Å². The van der Waals surface area contributed by atoms with Gasteiger partial charge < -0.3 is 10.6 Å². The third kappa shape index (κ3) is 5.01. The fourth-order valence-electron chi connectivity index (χ4n) is 2.62. The number of guanidine groups is 1. The Bertz CT molecular complexity index is 733. The third-order valence-electron chi connectivity index (χ3n) is 4.20. The molecule has 0 aromatic heterocycles. The Kier molecular flexibility index (Phi) is 6.04. The van der Waals surface area contributed by atoms with Gasteiger partial charge in [0.2, 0.25) is 0 Å². The number of benzene rings is 1. The van der Waals surface area contributed by atoms with Crippen LogP contribution in [0.25, 0.3) is 0 Å². The van der Waals surface area contributed by atoms with Crippen molar-refractivity contribution in [1.82, 2.24) is 10.6 Å². The van der Waals surface area contributed by atoms with E-state index in [9.17, 15) is 8.42 Å². The van der Waals surface area contributed by atoms with Crippen LogP contribution in [0.15, 0.2) is 23.2 Å². The van der Waals surface area contributed by atoms with Crippen LogP contribution >= 0.6 is 23.2 Å². The normalized spacial score (nSPS) is 20.9. The maximum atomic E-state index is 11.5. The molecule has 1 atom stereocenters. The van der Waals surface area contributed by atoms with E-state index in [1.807, 2.05) is 12.1 Å². The Morgan fingerprint density at radius 2 is 2.04 bits per heavy atom. The van der Waals surface area contributed by atoms with Crippen LogP contribution in [0.1, 0.15) is 25.8 Å². The molecule has 134 valence electrons. The second-order valence-electron chi connectivity index (χ2n) is 6.68. The number of sulfone groups is 1. The zero-order chi connectivity index (χ0) is 18.0. The molecule has 5 nitrogen and oxygen atoms in total. The summed E-state index contributed by atoms with van der Waals surface area (Å²) >= 11 is 12.1. The Morgan fingerprint density at radius 3 is 2.58 bits per heavy atom. The molecule has 24 heavy (non-hydrogen) atoms. The van der Waals surface area contributed by atoms with Gasteiger partial charge in [0.1, 0.15) is 0 Å². The molecule has 0 spiro atoms. The van der Waals surface area contributed by atoms with Crippen molar-refractivity contribution in [3.63, 3.8) is 0 Å². The average Bonchev–Trinajstić information content (AvgIpc) is 2.85. The van der Waals surface area contributed by atoms with Gasteiger partial charge in [0.25, 0.3) is 0 Å². The van der Waals surface area contributed by atoms with Crippen molar-refractivity contribution in [1.29, 1.82) is 0 Å². The highest BCUT2D eigenvalue weighted by Crippen LogP contribution is 2.29. The quantitative estimate of drug-likeness (QED) is 0.611. The monoisotopic (exact) mass is 391 g/mol. The van der Waals surface area contributed by atoms with E-state index in [1.165, 1.54) is 0 Å². The van der Waals surface area contributed by atoms with Gasteiger partial charge in [0.05, 0.1) is 21.6 Å². The van der Waals surface area contributed by atoms with Crippen LogP contribution in [-0.2, 0) is 15.3 Å². The van der Waals surface area contributed by atoms with Crippen LogP contribution in [0, 0.1) is 0 Å². The predicted molar refractivity (Wildman–Crippen MR) is 101 cm³/mol. The number of rotatable bonds is 4. The zero-order valence-electron chi connectivity index (χ0n) is 14.1. The summed E-state index contributed by atoms with van der Waals surface area (Å²) < 4.78 is 23.1. The molecule has 1 fully saturated rings. The largest absolute Gasteiger partial charge is 0.356 e. The summed E-state index contributed by atoms with van der Waals surface area (Å²) in [5, 5.41) is 7.50. The summed E-state index contributed by atoms with van der Waals surface area (Å²) in [6.07, 6.45) is 0.610. The Balaban J connectivity index is 1.98. The van der Waals surface area contributed by atoms with Gasteiger partial charge in [-0.3, -0.25) is 4.99 Å². The van der Waals surface area contributed by atoms with Gasteiger partial charge in [0.15, 0.2) is 15.8 Å². The molecule has 1 unspecified atom stereocenters. The van der Waals surface area contributed by atoms with Crippen LogP contribution in [0.4, 0.5) is 0 Å². The minimum atomic E-state index is -2.92. The highest BCUT2D eigenvalue weighted by Gasteiger charge is 2.29. The molecule has 0 saturated carbocycles. The summed E-state index contributed by atoms with van der Waals surface area (Å²) in [6, 6.07) is 5.52. The lowest BCUT2D eigenvalue weighted by Gasteiger charge is -2.27. The SMILES string of the molecule is CN=C(NCC(C)(C)c1ccc(Cl)c(Cl)c1)NC1CCS(=O)(=O)C1. The van der Waals surface area contributed by atoms with E-state index in [2.05, 4.69) is 29.5 Å². The van der Waals surface area contributed by atoms with Gasteiger partial charge in [-0.25, -0.2) is 8.42 Å². The maximum Gasteiger partial charge on any atom is 0.191 e. The van der Waals surface area contributed by atoms with Crippen LogP contribution < -0.4 is 10.6 Å². The molecule has 0 amide bonds.